The van der Waals surface area contributed by atoms with E-state index in [0.29, 0.717) is 17.1 Å². The van der Waals surface area contributed by atoms with E-state index in [0.717, 1.165) is 53.3 Å². The highest BCUT2D eigenvalue weighted by Gasteiger charge is 2.22. The number of hydrogen-bond donors (Lipinski definition) is 1. The van der Waals surface area contributed by atoms with E-state index < -0.39 is 0 Å². The molecule has 148 valence electrons. The van der Waals surface area contributed by atoms with Crippen LogP contribution in [-0.2, 0) is 24.2 Å². The fourth-order valence-corrected chi connectivity index (χ4v) is 5.44. The number of carbonyl (C=O) groups excluding carboxylic acids is 1. The summed E-state index contributed by atoms with van der Waals surface area (Å²) in [6.45, 7) is 4.22. The molecule has 2 aromatic heterocycles. The van der Waals surface area contributed by atoms with Crippen LogP contribution >= 0.6 is 11.3 Å². The maximum atomic E-state index is 12.6. The summed E-state index contributed by atoms with van der Waals surface area (Å²) in [5.41, 5.74) is 4.47. The Morgan fingerprint density at radius 3 is 2.83 bits per heavy atom. The number of fused-ring (bicyclic) bond motifs is 2. The number of benzene rings is 1. The SMILES string of the molecule is Cc1cc(=O)n(CCC(=O)Nc2sc3c(c2C#N)CCCC3)c2c(C)cccc12. The molecular weight excluding hydrogens is 382 g/mol. The molecule has 2 heterocycles. The zero-order valence-electron chi connectivity index (χ0n) is 16.7. The molecule has 1 aliphatic rings. The van der Waals surface area contributed by atoms with Crippen LogP contribution in [0.3, 0.4) is 0 Å². The molecule has 3 aromatic rings. The maximum absolute atomic E-state index is 12.6. The number of para-hydroxylation sites is 1. The van der Waals surface area contributed by atoms with E-state index in [9.17, 15) is 14.9 Å². The van der Waals surface area contributed by atoms with Gasteiger partial charge in [-0.05, 0) is 56.2 Å². The number of anilines is 1. The Labute approximate surface area is 173 Å². The van der Waals surface area contributed by atoms with Gasteiger partial charge in [0.05, 0.1) is 11.1 Å². The van der Waals surface area contributed by atoms with Gasteiger partial charge in [0.15, 0.2) is 0 Å². The minimum atomic E-state index is -0.172. The van der Waals surface area contributed by atoms with Crippen LogP contribution in [0.15, 0.2) is 29.1 Å². The van der Waals surface area contributed by atoms with Gasteiger partial charge in [-0.25, -0.2) is 0 Å². The third-order valence-electron chi connectivity index (χ3n) is 5.64. The van der Waals surface area contributed by atoms with Gasteiger partial charge in [0, 0.05) is 29.3 Å². The molecule has 0 saturated carbocycles. The number of hydrogen-bond acceptors (Lipinski definition) is 4. The van der Waals surface area contributed by atoms with E-state index in [-0.39, 0.29) is 17.9 Å². The smallest absolute Gasteiger partial charge is 0.251 e. The lowest BCUT2D eigenvalue weighted by atomic mass is 9.96. The van der Waals surface area contributed by atoms with Crippen LogP contribution in [0, 0.1) is 25.2 Å². The van der Waals surface area contributed by atoms with Gasteiger partial charge >= 0.3 is 0 Å². The van der Waals surface area contributed by atoms with E-state index in [4.69, 9.17) is 0 Å². The van der Waals surface area contributed by atoms with Crippen molar-refractivity contribution < 1.29 is 4.79 Å². The molecular formula is C23H23N3O2S. The summed E-state index contributed by atoms with van der Waals surface area (Å²) >= 11 is 1.52. The maximum Gasteiger partial charge on any atom is 0.251 e. The summed E-state index contributed by atoms with van der Waals surface area (Å²) in [5.74, 6) is -0.172. The van der Waals surface area contributed by atoms with Gasteiger partial charge in [-0.2, -0.15) is 5.26 Å². The fourth-order valence-electron chi connectivity index (χ4n) is 4.18. The van der Waals surface area contributed by atoms with Crippen molar-refractivity contribution in [2.45, 2.75) is 52.5 Å². The van der Waals surface area contributed by atoms with E-state index in [2.05, 4.69) is 11.4 Å². The first-order valence-corrected chi connectivity index (χ1v) is 10.8. The molecule has 29 heavy (non-hydrogen) atoms. The molecule has 5 nitrogen and oxygen atoms in total. The van der Waals surface area contributed by atoms with Crippen molar-refractivity contribution in [2.24, 2.45) is 0 Å². The molecule has 1 aliphatic carbocycles. The molecule has 1 amide bonds. The highest BCUT2D eigenvalue weighted by atomic mass is 32.1. The van der Waals surface area contributed by atoms with Gasteiger partial charge in [0.2, 0.25) is 5.91 Å². The summed E-state index contributed by atoms with van der Waals surface area (Å²) in [7, 11) is 0. The zero-order chi connectivity index (χ0) is 20.5. The fraction of sp³-hybridized carbons (Fsp3) is 0.348. The second-order valence-electron chi connectivity index (χ2n) is 7.61. The van der Waals surface area contributed by atoms with Gasteiger partial charge in [0.1, 0.15) is 11.1 Å². The molecule has 4 rings (SSSR count). The first kappa shape index (κ1) is 19.4. The summed E-state index contributed by atoms with van der Waals surface area (Å²) in [4.78, 5) is 26.5. The highest BCUT2D eigenvalue weighted by molar-refractivity contribution is 7.16. The second-order valence-corrected chi connectivity index (χ2v) is 8.72. The van der Waals surface area contributed by atoms with Crippen molar-refractivity contribution >= 4 is 33.1 Å². The Morgan fingerprint density at radius 1 is 1.24 bits per heavy atom. The van der Waals surface area contributed by atoms with Crippen molar-refractivity contribution in [2.75, 3.05) is 5.32 Å². The van der Waals surface area contributed by atoms with Gasteiger partial charge < -0.3 is 9.88 Å². The van der Waals surface area contributed by atoms with Crippen LogP contribution in [0.5, 0.6) is 0 Å². The molecule has 0 fully saturated rings. The average Bonchev–Trinajstić information content (AvgIpc) is 3.05. The van der Waals surface area contributed by atoms with Crippen LogP contribution in [0.4, 0.5) is 5.00 Å². The number of thiophene rings is 1. The first-order chi connectivity index (χ1) is 14.0. The Hall–Kier alpha value is -2.91. The van der Waals surface area contributed by atoms with Crippen LogP contribution in [0.1, 0.15) is 46.4 Å². The molecule has 0 unspecified atom stereocenters. The quantitative estimate of drug-likeness (QED) is 0.696. The standard InChI is InChI=1S/C23H23N3O2S/c1-14-6-5-8-16-15(2)12-21(28)26(22(14)16)11-10-20(27)25-23-18(13-24)17-7-3-4-9-19(17)29-23/h5-6,8,12H,3-4,7,9-11H2,1-2H3,(H,25,27). The molecule has 1 aromatic carbocycles. The Bertz CT molecular complexity index is 1210. The number of nitrogens with zero attached hydrogens (tertiary/aromatic N) is 2. The van der Waals surface area contributed by atoms with Crippen molar-refractivity contribution in [3.63, 3.8) is 0 Å². The Kier molecular flexibility index (Phi) is 5.25. The summed E-state index contributed by atoms with van der Waals surface area (Å²) in [6, 6.07) is 9.86. The van der Waals surface area contributed by atoms with Gasteiger partial charge in [-0.15, -0.1) is 11.3 Å². The highest BCUT2D eigenvalue weighted by Crippen LogP contribution is 2.37. The third kappa shape index (κ3) is 3.58. The van der Waals surface area contributed by atoms with Crippen LogP contribution in [-0.4, -0.2) is 10.5 Å². The third-order valence-corrected chi connectivity index (χ3v) is 6.84. The number of nitrogens with one attached hydrogen (secondary N) is 1. The lowest BCUT2D eigenvalue weighted by molar-refractivity contribution is -0.116. The molecule has 1 N–H and O–H groups in total. The topological polar surface area (TPSA) is 74.9 Å². The van der Waals surface area contributed by atoms with Gasteiger partial charge in [-0.3, -0.25) is 9.59 Å². The largest absolute Gasteiger partial charge is 0.317 e. The number of aromatic nitrogens is 1. The van der Waals surface area contributed by atoms with Crippen LogP contribution in [0.25, 0.3) is 10.9 Å². The predicted molar refractivity (Wildman–Crippen MR) is 117 cm³/mol. The average molecular weight is 406 g/mol. The van der Waals surface area contributed by atoms with Crippen molar-refractivity contribution in [1.29, 1.82) is 5.26 Å². The number of rotatable bonds is 4. The summed E-state index contributed by atoms with van der Waals surface area (Å²) < 4.78 is 1.68. The molecule has 0 spiro atoms. The first-order valence-electron chi connectivity index (χ1n) is 9.94. The normalized spacial score (nSPS) is 13.1. The minimum Gasteiger partial charge on any atom is -0.317 e. The van der Waals surface area contributed by atoms with Gasteiger partial charge in [-0.1, -0.05) is 18.2 Å². The minimum absolute atomic E-state index is 0.0959. The summed E-state index contributed by atoms with van der Waals surface area (Å²) in [5, 5.41) is 14.2. The molecule has 0 radical (unpaired) electrons. The predicted octanol–water partition coefficient (Wildman–Crippen LogP) is 4.46. The number of carbonyl (C=O) groups is 1. The van der Waals surface area contributed by atoms with Crippen molar-refractivity contribution in [1.82, 2.24) is 4.57 Å². The van der Waals surface area contributed by atoms with Crippen LogP contribution in [0.2, 0.25) is 0 Å². The van der Waals surface area contributed by atoms with Gasteiger partial charge in [0.25, 0.3) is 5.56 Å². The number of nitriles is 1. The number of amides is 1. The van der Waals surface area contributed by atoms with E-state index >= 15 is 0 Å². The van der Waals surface area contributed by atoms with E-state index in [1.165, 1.54) is 16.2 Å². The monoisotopic (exact) mass is 405 g/mol. The van der Waals surface area contributed by atoms with E-state index in [1.54, 1.807) is 10.6 Å². The molecule has 0 saturated heterocycles. The lowest BCUT2D eigenvalue weighted by Gasteiger charge is -2.14. The molecule has 6 heteroatoms. The lowest BCUT2D eigenvalue weighted by Crippen LogP contribution is -2.24. The molecule has 0 atom stereocenters. The van der Waals surface area contributed by atoms with Crippen molar-refractivity contribution in [3.05, 3.63) is 61.8 Å². The summed E-state index contributed by atoms with van der Waals surface area (Å²) in [6.07, 6.45) is 4.30. The van der Waals surface area contributed by atoms with Crippen molar-refractivity contribution in [3.8, 4) is 6.07 Å². The molecule has 0 aliphatic heterocycles. The number of aryl methyl sites for hydroxylation is 4. The second kappa shape index (κ2) is 7.84. The Morgan fingerprint density at radius 2 is 2.03 bits per heavy atom. The zero-order valence-corrected chi connectivity index (χ0v) is 17.5. The van der Waals surface area contributed by atoms with E-state index in [1.807, 2.05) is 32.0 Å². The Balaban J connectivity index is 1.57. The number of pyridine rings is 1. The molecule has 0 bridgehead atoms. The van der Waals surface area contributed by atoms with Crippen LogP contribution < -0.4 is 10.9 Å².